The van der Waals surface area contributed by atoms with E-state index in [0.717, 1.165) is 22.1 Å². The minimum atomic E-state index is -0.898. The van der Waals surface area contributed by atoms with Gasteiger partial charge in [0.15, 0.2) is 5.78 Å². The molecule has 0 N–H and O–H groups in total. The van der Waals surface area contributed by atoms with Gasteiger partial charge in [0, 0.05) is 18.3 Å². The molecule has 5 rings (SSSR count). The first-order valence-electron chi connectivity index (χ1n) is 10.1. The molecule has 9 heteroatoms. The molecule has 0 aliphatic carbocycles. The van der Waals surface area contributed by atoms with Gasteiger partial charge in [-0.15, -0.1) is 0 Å². The Morgan fingerprint density at radius 1 is 1.09 bits per heavy atom. The minimum Gasteiger partial charge on any atom is -0.495 e. The van der Waals surface area contributed by atoms with Gasteiger partial charge in [-0.2, -0.15) is 0 Å². The topological polar surface area (TPSA) is 110 Å². The number of imide groups is 1. The van der Waals surface area contributed by atoms with E-state index >= 15 is 0 Å². The molecule has 2 saturated heterocycles. The van der Waals surface area contributed by atoms with E-state index in [9.17, 15) is 24.5 Å². The number of fused-ring (bicyclic) bond motifs is 5. The van der Waals surface area contributed by atoms with E-state index in [2.05, 4.69) is 0 Å². The number of Topliss-reactive ketones (excluding diaryl/α,β-unsaturated/α-hetero) is 1. The summed E-state index contributed by atoms with van der Waals surface area (Å²) in [7, 11) is 1.36. The van der Waals surface area contributed by atoms with Crippen LogP contribution in [0.4, 0.5) is 11.4 Å². The van der Waals surface area contributed by atoms with Crippen LogP contribution in [0.3, 0.4) is 0 Å². The molecule has 2 fully saturated rings. The highest BCUT2D eigenvalue weighted by molar-refractivity contribution is 6.24. The van der Waals surface area contributed by atoms with Crippen molar-refractivity contribution in [1.82, 2.24) is 4.90 Å². The number of hydrogen-bond donors (Lipinski definition) is 0. The zero-order valence-corrected chi connectivity index (χ0v) is 17.3. The van der Waals surface area contributed by atoms with E-state index in [0.29, 0.717) is 0 Å². The number of hydrogen-bond acceptors (Lipinski definition) is 7. The van der Waals surface area contributed by atoms with E-state index in [4.69, 9.17) is 4.74 Å². The number of nitro groups is 1. The smallest absolute Gasteiger partial charge is 0.271 e. The Bertz CT molecular complexity index is 1220. The van der Waals surface area contributed by atoms with Crippen molar-refractivity contribution >= 4 is 35.0 Å². The predicted octanol–water partition coefficient (Wildman–Crippen LogP) is 2.71. The quantitative estimate of drug-likeness (QED) is 0.414. The second-order valence-corrected chi connectivity index (χ2v) is 8.07. The highest BCUT2D eigenvalue weighted by atomic mass is 16.6. The maximum Gasteiger partial charge on any atom is 0.271 e. The number of anilines is 1. The van der Waals surface area contributed by atoms with Crippen LogP contribution in [0.25, 0.3) is 6.08 Å². The van der Waals surface area contributed by atoms with Crippen LogP contribution in [-0.4, -0.2) is 40.6 Å². The van der Waals surface area contributed by atoms with Crippen LogP contribution in [0.5, 0.6) is 5.75 Å². The first-order valence-corrected chi connectivity index (χ1v) is 10.1. The lowest BCUT2D eigenvalue weighted by atomic mass is 9.84. The summed E-state index contributed by atoms with van der Waals surface area (Å²) < 4.78 is 5.29. The maximum atomic E-state index is 13.7. The van der Waals surface area contributed by atoms with Crippen molar-refractivity contribution in [2.45, 2.75) is 19.0 Å². The summed E-state index contributed by atoms with van der Waals surface area (Å²) in [5.74, 6) is -2.81. The average Bonchev–Trinajstić information content (AvgIpc) is 3.26. The van der Waals surface area contributed by atoms with Gasteiger partial charge in [0.2, 0.25) is 11.8 Å². The molecule has 3 aliphatic heterocycles. The molecule has 162 valence electrons. The summed E-state index contributed by atoms with van der Waals surface area (Å²) >= 11 is 0. The number of ketones is 1. The summed E-state index contributed by atoms with van der Waals surface area (Å²) in [4.78, 5) is 53.4. The molecule has 2 aromatic carbocycles. The number of benzene rings is 2. The summed E-state index contributed by atoms with van der Waals surface area (Å²) in [5.41, 5.74) is 1.53. The third kappa shape index (κ3) is 2.60. The number of carbonyl (C=O) groups excluding carboxylic acids is 3. The van der Waals surface area contributed by atoms with Crippen LogP contribution in [0, 0.1) is 22.0 Å². The van der Waals surface area contributed by atoms with Crippen LogP contribution in [0.15, 0.2) is 48.7 Å². The van der Waals surface area contributed by atoms with E-state index in [1.165, 1.54) is 26.2 Å². The highest BCUT2D eigenvalue weighted by Gasteiger charge is 2.64. The van der Waals surface area contributed by atoms with E-state index in [1.807, 2.05) is 30.3 Å². The van der Waals surface area contributed by atoms with Crippen molar-refractivity contribution in [3.8, 4) is 5.75 Å². The molecule has 0 radical (unpaired) electrons. The van der Waals surface area contributed by atoms with Gasteiger partial charge in [0.1, 0.15) is 11.4 Å². The largest absolute Gasteiger partial charge is 0.495 e. The predicted molar refractivity (Wildman–Crippen MR) is 114 cm³/mol. The monoisotopic (exact) mass is 433 g/mol. The molecule has 2 aromatic rings. The van der Waals surface area contributed by atoms with Crippen LogP contribution < -0.4 is 9.64 Å². The SMILES string of the molecule is COc1ccc([N+](=O)[O-])cc1N1C(=O)[C@@H]2[C@H](C1=O)[C@@H](C(C)=O)N1C=Cc3ccccc3[C@@H]21. The average molecular weight is 433 g/mol. The molecule has 9 nitrogen and oxygen atoms in total. The van der Waals surface area contributed by atoms with Gasteiger partial charge in [-0.05, 0) is 30.2 Å². The normalized spacial score (nSPS) is 25.4. The Hall–Kier alpha value is -4.01. The van der Waals surface area contributed by atoms with Crippen molar-refractivity contribution in [2.24, 2.45) is 11.8 Å². The number of carbonyl (C=O) groups is 3. The summed E-state index contributed by atoms with van der Waals surface area (Å²) in [6, 6.07) is 10.0. The first-order chi connectivity index (χ1) is 15.3. The Kier molecular flexibility index (Phi) is 4.37. The molecule has 32 heavy (non-hydrogen) atoms. The fourth-order valence-electron chi connectivity index (χ4n) is 5.23. The van der Waals surface area contributed by atoms with Crippen molar-refractivity contribution in [2.75, 3.05) is 12.0 Å². The van der Waals surface area contributed by atoms with Gasteiger partial charge in [-0.25, -0.2) is 4.90 Å². The van der Waals surface area contributed by atoms with E-state index in [-0.39, 0.29) is 22.9 Å². The Labute approximate surface area is 183 Å². The number of methoxy groups -OCH3 is 1. The minimum absolute atomic E-state index is 0.0135. The Morgan fingerprint density at radius 3 is 2.50 bits per heavy atom. The number of ether oxygens (including phenoxy) is 1. The Morgan fingerprint density at radius 2 is 1.81 bits per heavy atom. The van der Waals surface area contributed by atoms with Crippen LogP contribution in [-0.2, 0) is 14.4 Å². The van der Waals surface area contributed by atoms with E-state index in [1.54, 1.807) is 11.1 Å². The second-order valence-electron chi connectivity index (χ2n) is 8.07. The molecule has 0 saturated carbocycles. The van der Waals surface area contributed by atoms with Crippen molar-refractivity contribution < 1.29 is 24.0 Å². The lowest BCUT2D eigenvalue weighted by Crippen LogP contribution is -2.43. The fraction of sp³-hybridized carbons (Fsp3) is 0.261. The van der Waals surface area contributed by atoms with Crippen LogP contribution >= 0.6 is 0 Å². The lowest BCUT2D eigenvalue weighted by Gasteiger charge is -2.35. The van der Waals surface area contributed by atoms with Crippen molar-refractivity contribution in [1.29, 1.82) is 0 Å². The molecule has 4 atom stereocenters. The first kappa shape index (κ1) is 19.9. The molecule has 0 bridgehead atoms. The second kappa shape index (κ2) is 7.01. The standard InChI is InChI=1S/C23H19N3O6/c1-12(27)20-18-19(21-15-6-4-3-5-13(15)9-10-24(20)21)23(29)25(22(18)28)16-11-14(26(30)31)7-8-17(16)32-2/h3-11,18-21H,1-2H3/t18-,19+,20+,21-/m0/s1. The van der Waals surface area contributed by atoms with Gasteiger partial charge >= 0.3 is 0 Å². The Balaban J connectivity index is 1.66. The van der Waals surface area contributed by atoms with Crippen molar-refractivity contribution in [3.05, 3.63) is 69.9 Å². The molecule has 0 unspecified atom stereocenters. The number of amides is 2. The number of rotatable bonds is 4. The molecular weight excluding hydrogens is 414 g/mol. The van der Waals surface area contributed by atoms with Gasteiger partial charge in [0.25, 0.3) is 5.69 Å². The zero-order valence-electron chi connectivity index (χ0n) is 17.3. The number of nitrogens with zero attached hydrogens (tertiary/aromatic N) is 3. The van der Waals surface area contributed by atoms with Gasteiger partial charge in [-0.1, -0.05) is 24.3 Å². The molecule has 0 aromatic heterocycles. The lowest BCUT2D eigenvalue weighted by molar-refractivity contribution is -0.384. The molecule has 0 spiro atoms. The summed E-state index contributed by atoms with van der Waals surface area (Å²) in [6.07, 6.45) is 3.65. The number of nitro benzene ring substituents is 1. The summed E-state index contributed by atoms with van der Waals surface area (Å²) in [5, 5.41) is 11.3. The molecular formula is C23H19N3O6. The highest BCUT2D eigenvalue weighted by Crippen LogP contribution is 2.54. The van der Waals surface area contributed by atoms with Crippen molar-refractivity contribution in [3.63, 3.8) is 0 Å². The fourth-order valence-corrected chi connectivity index (χ4v) is 5.23. The van der Waals surface area contributed by atoms with Crippen LogP contribution in [0.2, 0.25) is 0 Å². The van der Waals surface area contributed by atoms with Gasteiger partial charge in [0.05, 0.1) is 36.0 Å². The zero-order chi connectivity index (χ0) is 22.7. The van der Waals surface area contributed by atoms with E-state index < -0.39 is 40.7 Å². The molecule has 2 amide bonds. The molecule has 3 heterocycles. The van der Waals surface area contributed by atoms with Gasteiger partial charge in [-0.3, -0.25) is 24.5 Å². The third-order valence-electron chi connectivity index (χ3n) is 6.49. The van der Waals surface area contributed by atoms with Crippen LogP contribution in [0.1, 0.15) is 24.1 Å². The maximum absolute atomic E-state index is 13.7. The third-order valence-corrected chi connectivity index (χ3v) is 6.49. The van der Waals surface area contributed by atoms with Gasteiger partial charge < -0.3 is 9.64 Å². The summed E-state index contributed by atoms with van der Waals surface area (Å²) in [6.45, 7) is 1.41. The molecule has 3 aliphatic rings. The number of non-ortho nitro benzene ring substituents is 1.